The Morgan fingerprint density at radius 1 is 1.59 bits per heavy atom. The molecule has 1 rings (SSSR count). The molecule has 0 fully saturated rings. The van der Waals surface area contributed by atoms with Gasteiger partial charge in [0, 0.05) is 5.56 Å². The van der Waals surface area contributed by atoms with Gasteiger partial charge in [0.05, 0.1) is 16.4 Å². The van der Waals surface area contributed by atoms with Crippen LogP contribution in [0.1, 0.15) is 12.5 Å². The van der Waals surface area contributed by atoms with Gasteiger partial charge < -0.3 is 11.1 Å². The number of thiocarbonyl (C=S) groups is 1. The van der Waals surface area contributed by atoms with E-state index in [2.05, 4.69) is 28.1 Å². The monoisotopic (exact) mass is 270 g/mol. The highest BCUT2D eigenvalue weighted by Gasteiger charge is 2.09. The second-order valence-electron chi connectivity index (χ2n) is 3.10. The van der Waals surface area contributed by atoms with Gasteiger partial charge in [-0.3, -0.25) is 10.2 Å². The summed E-state index contributed by atoms with van der Waals surface area (Å²) in [6.07, 6.45) is 0.573. The van der Waals surface area contributed by atoms with Gasteiger partial charge in [-0.15, -0.1) is 0 Å². The predicted octanol–water partition coefficient (Wildman–Crippen LogP) is 1.47. The molecule has 0 heterocycles. The van der Waals surface area contributed by atoms with Crippen molar-refractivity contribution in [3.05, 3.63) is 28.8 Å². The maximum atomic E-state index is 10.5. The van der Waals surface area contributed by atoms with Crippen LogP contribution >= 0.6 is 23.8 Å². The van der Waals surface area contributed by atoms with Crippen LogP contribution < -0.4 is 16.5 Å². The lowest BCUT2D eigenvalue weighted by molar-refractivity contribution is -0.105. The molecular formula is C10H11ClN4OS. The summed E-state index contributed by atoms with van der Waals surface area (Å²) in [5, 5.41) is 7.04. The van der Waals surface area contributed by atoms with Crippen LogP contribution in [0.4, 0.5) is 5.69 Å². The van der Waals surface area contributed by atoms with Crippen molar-refractivity contribution in [2.24, 2.45) is 10.8 Å². The topological polar surface area (TPSA) is 79.5 Å². The third-order valence-corrected chi connectivity index (χ3v) is 2.33. The summed E-state index contributed by atoms with van der Waals surface area (Å²) < 4.78 is 0. The Balaban J connectivity index is 3.14. The Morgan fingerprint density at radius 3 is 2.88 bits per heavy atom. The fourth-order valence-electron chi connectivity index (χ4n) is 1.27. The normalized spacial score (nSPS) is 10.8. The first kappa shape index (κ1) is 13.4. The van der Waals surface area contributed by atoms with E-state index in [1.165, 1.54) is 0 Å². The lowest BCUT2D eigenvalue weighted by atomic mass is 10.1. The quantitative estimate of drug-likeness (QED) is 0.335. The first-order valence-corrected chi connectivity index (χ1v) is 5.43. The van der Waals surface area contributed by atoms with Crippen LogP contribution in [0.2, 0.25) is 5.02 Å². The summed E-state index contributed by atoms with van der Waals surface area (Å²) in [6, 6.07) is 5.15. The van der Waals surface area contributed by atoms with Gasteiger partial charge in [-0.2, -0.15) is 5.10 Å². The Labute approximate surface area is 109 Å². The molecule has 4 N–H and O–H groups in total. The van der Waals surface area contributed by atoms with E-state index >= 15 is 0 Å². The highest BCUT2D eigenvalue weighted by molar-refractivity contribution is 7.80. The van der Waals surface area contributed by atoms with Crippen LogP contribution in [0, 0.1) is 0 Å². The van der Waals surface area contributed by atoms with Crippen LogP contribution in [0.15, 0.2) is 23.3 Å². The van der Waals surface area contributed by atoms with E-state index in [1.807, 2.05) is 0 Å². The number of rotatable bonds is 4. The van der Waals surface area contributed by atoms with E-state index in [9.17, 15) is 4.79 Å². The molecule has 0 radical (unpaired) electrons. The maximum absolute atomic E-state index is 10.5. The molecule has 0 aliphatic heterocycles. The molecule has 1 amide bonds. The molecule has 5 nitrogen and oxygen atoms in total. The number of nitrogens with two attached hydrogens (primary N) is 1. The lowest BCUT2D eigenvalue weighted by Crippen LogP contribution is -2.25. The Kier molecular flexibility index (Phi) is 4.86. The van der Waals surface area contributed by atoms with Crippen molar-refractivity contribution in [3.63, 3.8) is 0 Å². The Morgan fingerprint density at radius 2 is 2.29 bits per heavy atom. The van der Waals surface area contributed by atoms with Crippen molar-refractivity contribution in [1.29, 1.82) is 0 Å². The molecule has 1 aromatic rings. The number of hydrogen-bond donors (Lipinski definition) is 3. The zero-order valence-corrected chi connectivity index (χ0v) is 10.6. The maximum Gasteiger partial charge on any atom is 0.211 e. The second kappa shape index (κ2) is 6.17. The molecule has 0 atom stereocenters. The smallest absolute Gasteiger partial charge is 0.211 e. The number of nitrogens with one attached hydrogen (secondary N) is 2. The highest BCUT2D eigenvalue weighted by Crippen LogP contribution is 2.24. The zero-order chi connectivity index (χ0) is 12.8. The number of amides is 1. The molecule has 0 aromatic heterocycles. The number of hydrogen-bond acceptors (Lipinski definition) is 3. The number of carbonyl (C=O) groups excluding carboxylic acids is 1. The first-order valence-electron chi connectivity index (χ1n) is 4.65. The van der Waals surface area contributed by atoms with Crippen molar-refractivity contribution in [2.75, 3.05) is 5.32 Å². The molecular weight excluding hydrogens is 260 g/mol. The average molecular weight is 271 g/mol. The molecule has 0 spiro atoms. The SMILES string of the molecule is C/C(=N\NC(N)=S)c1c(Cl)cccc1NC=O. The van der Waals surface area contributed by atoms with E-state index < -0.39 is 0 Å². The van der Waals surface area contributed by atoms with Crippen LogP contribution in [-0.4, -0.2) is 17.2 Å². The highest BCUT2D eigenvalue weighted by atomic mass is 35.5. The fourth-order valence-corrected chi connectivity index (χ4v) is 1.63. The predicted molar refractivity (Wildman–Crippen MR) is 73.3 cm³/mol. The standard InChI is InChI=1S/C10H11ClN4OS/c1-6(14-15-10(12)17)9-7(11)3-2-4-8(9)13-5-16/h2-5H,1H3,(H,13,16)(H3,12,15,17)/b14-6+. The molecule has 0 aliphatic carbocycles. The third kappa shape index (κ3) is 3.69. The number of hydrazone groups is 1. The number of halogens is 1. The van der Waals surface area contributed by atoms with Crippen molar-refractivity contribution >= 4 is 46.7 Å². The molecule has 1 aromatic carbocycles. The number of anilines is 1. The number of benzene rings is 1. The summed E-state index contributed by atoms with van der Waals surface area (Å²) in [6.45, 7) is 1.72. The summed E-state index contributed by atoms with van der Waals surface area (Å²) >= 11 is 10.7. The lowest BCUT2D eigenvalue weighted by Gasteiger charge is -2.10. The van der Waals surface area contributed by atoms with Gasteiger partial charge in [-0.1, -0.05) is 17.7 Å². The van der Waals surface area contributed by atoms with E-state index in [1.54, 1.807) is 25.1 Å². The fraction of sp³-hybridized carbons (Fsp3) is 0.100. The molecule has 0 bridgehead atoms. The van der Waals surface area contributed by atoms with Crippen molar-refractivity contribution in [3.8, 4) is 0 Å². The third-order valence-electron chi connectivity index (χ3n) is 1.92. The minimum absolute atomic E-state index is 0.0568. The number of nitrogens with zero attached hydrogens (tertiary/aromatic N) is 1. The van der Waals surface area contributed by atoms with E-state index in [0.29, 0.717) is 28.4 Å². The van der Waals surface area contributed by atoms with Crippen LogP contribution in [0.5, 0.6) is 0 Å². The summed E-state index contributed by atoms with van der Waals surface area (Å²) in [7, 11) is 0. The summed E-state index contributed by atoms with van der Waals surface area (Å²) in [4.78, 5) is 10.5. The van der Waals surface area contributed by atoms with Crippen LogP contribution in [0.3, 0.4) is 0 Å². The molecule has 0 aliphatic rings. The molecule has 17 heavy (non-hydrogen) atoms. The minimum Gasteiger partial charge on any atom is -0.375 e. The summed E-state index contributed by atoms with van der Waals surface area (Å²) in [5.41, 5.74) is 9.47. The van der Waals surface area contributed by atoms with Crippen LogP contribution in [0.25, 0.3) is 0 Å². The summed E-state index contributed by atoms with van der Waals surface area (Å²) in [5.74, 6) is 0. The van der Waals surface area contributed by atoms with Gasteiger partial charge in [-0.25, -0.2) is 0 Å². The second-order valence-corrected chi connectivity index (χ2v) is 3.94. The first-order chi connectivity index (χ1) is 8.06. The molecule has 7 heteroatoms. The minimum atomic E-state index is 0.0568. The molecule has 0 saturated carbocycles. The van der Waals surface area contributed by atoms with E-state index in [-0.39, 0.29) is 5.11 Å². The van der Waals surface area contributed by atoms with Gasteiger partial charge in [0.25, 0.3) is 0 Å². The average Bonchev–Trinajstić information content (AvgIpc) is 2.26. The Bertz CT molecular complexity index is 475. The van der Waals surface area contributed by atoms with Crippen molar-refractivity contribution < 1.29 is 4.79 Å². The molecule has 0 saturated heterocycles. The van der Waals surface area contributed by atoms with Crippen molar-refractivity contribution in [2.45, 2.75) is 6.92 Å². The van der Waals surface area contributed by atoms with Gasteiger partial charge >= 0.3 is 0 Å². The van der Waals surface area contributed by atoms with E-state index in [4.69, 9.17) is 17.3 Å². The number of carbonyl (C=O) groups is 1. The zero-order valence-electron chi connectivity index (χ0n) is 9.03. The van der Waals surface area contributed by atoms with Gasteiger partial charge in [-0.05, 0) is 31.3 Å². The Hall–Kier alpha value is -1.66. The largest absolute Gasteiger partial charge is 0.375 e. The van der Waals surface area contributed by atoms with E-state index in [0.717, 1.165) is 0 Å². The van der Waals surface area contributed by atoms with Gasteiger partial charge in [0.1, 0.15) is 0 Å². The van der Waals surface area contributed by atoms with Crippen molar-refractivity contribution in [1.82, 2.24) is 5.43 Å². The molecule has 0 unspecified atom stereocenters. The van der Waals surface area contributed by atoms with Crippen LogP contribution in [-0.2, 0) is 4.79 Å². The molecule has 90 valence electrons. The van der Waals surface area contributed by atoms with Gasteiger partial charge in [0.2, 0.25) is 6.41 Å². The van der Waals surface area contributed by atoms with Gasteiger partial charge in [0.15, 0.2) is 5.11 Å².